The maximum absolute atomic E-state index is 12.0. The summed E-state index contributed by atoms with van der Waals surface area (Å²) < 4.78 is 0. The van der Waals surface area contributed by atoms with E-state index in [2.05, 4.69) is 5.48 Å². The summed E-state index contributed by atoms with van der Waals surface area (Å²) in [6.45, 7) is 2.49. The SMILES string of the molecule is CCN(CCONC(=O)[C@@H]1CC[C@@H]2CN1C(=O)N2O)C(=O)O. The van der Waals surface area contributed by atoms with Crippen molar-refractivity contribution in [1.29, 1.82) is 0 Å². The number of fused-ring (bicyclic) bond motifs is 2. The molecule has 22 heavy (non-hydrogen) atoms. The molecule has 4 amide bonds. The number of nitrogens with one attached hydrogen (secondary N) is 1. The van der Waals surface area contributed by atoms with Gasteiger partial charge in [0.1, 0.15) is 6.04 Å². The zero-order chi connectivity index (χ0) is 16.3. The van der Waals surface area contributed by atoms with E-state index in [1.54, 1.807) is 6.92 Å². The van der Waals surface area contributed by atoms with Gasteiger partial charge in [0.25, 0.3) is 5.91 Å². The van der Waals surface area contributed by atoms with Gasteiger partial charge in [-0.1, -0.05) is 0 Å². The number of carbonyl (C=O) groups is 3. The molecule has 2 aliphatic heterocycles. The lowest BCUT2D eigenvalue weighted by atomic mass is 10.0. The van der Waals surface area contributed by atoms with E-state index in [-0.39, 0.29) is 19.2 Å². The van der Waals surface area contributed by atoms with Gasteiger partial charge < -0.3 is 14.9 Å². The van der Waals surface area contributed by atoms with Crippen molar-refractivity contribution in [2.45, 2.75) is 31.8 Å². The Kier molecular flexibility index (Phi) is 5.03. The molecule has 0 unspecified atom stereocenters. The number of rotatable bonds is 6. The second-order valence-electron chi connectivity index (χ2n) is 5.20. The van der Waals surface area contributed by atoms with Gasteiger partial charge in [-0.2, -0.15) is 0 Å². The molecule has 2 bridgehead atoms. The molecule has 0 aromatic rings. The minimum absolute atomic E-state index is 0.0152. The second-order valence-corrected chi connectivity index (χ2v) is 5.20. The highest BCUT2D eigenvalue weighted by Gasteiger charge is 2.46. The highest BCUT2D eigenvalue weighted by atomic mass is 16.7. The van der Waals surface area contributed by atoms with E-state index in [0.717, 1.165) is 4.90 Å². The van der Waals surface area contributed by atoms with Crippen LogP contribution < -0.4 is 5.48 Å². The third-order valence-corrected chi connectivity index (χ3v) is 3.94. The summed E-state index contributed by atoms with van der Waals surface area (Å²) in [5, 5.41) is 19.0. The average molecular weight is 316 g/mol. The quantitative estimate of drug-likeness (QED) is 0.351. The molecule has 2 heterocycles. The normalized spacial score (nSPS) is 23.6. The zero-order valence-corrected chi connectivity index (χ0v) is 12.3. The third kappa shape index (κ3) is 3.22. The number of hydroxylamine groups is 3. The molecule has 0 aliphatic carbocycles. The van der Waals surface area contributed by atoms with Crippen LogP contribution in [-0.4, -0.2) is 81.5 Å². The number of likely N-dealkylation sites (N-methyl/N-ethyl adjacent to an activating group) is 1. The lowest BCUT2D eigenvalue weighted by Gasteiger charge is -2.29. The van der Waals surface area contributed by atoms with Crippen LogP contribution >= 0.6 is 0 Å². The third-order valence-electron chi connectivity index (χ3n) is 3.94. The Labute approximate surface area is 127 Å². The highest BCUT2D eigenvalue weighted by Crippen LogP contribution is 2.28. The van der Waals surface area contributed by atoms with E-state index in [0.29, 0.717) is 31.0 Å². The molecule has 0 aromatic carbocycles. The topological polar surface area (TPSA) is 123 Å². The molecule has 10 nitrogen and oxygen atoms in total. The first-order valence-electron chi connectivity index (χ1n) is 7.14. The van der Waals surface area contributed by atoms with E-state index < -0.39 is 24.1 Å². The number of piperidine rings is 1. The van der Waals surface area contributed by atoms with Crippen molar-refractivity contribution in [3.05, 3.63) is 0 Å². The van der Waals surface area contributed by atoms with Gasteiger partial charge in [0, 0.05) is 19.6 Å². The van der Waals surface area contributed by atoms with Crippen molar-refractivity contribution in [1.82, 2.24) is 20.3 Å². The lowest BCUT2D eigenvalue weighted by Crippen LogP contribution is -2.50. The Morgan fingerprint density at radius 3 is 2.82 bits per heavy atom. The van der Waals surface area contributed by atoms with Crippen LogP contribution in [0.4, 0.5) is 9.59 Å². The molecule has 2 saturated heterocycles. The molecule has 2 aliphatic rings. The van der Waals surface area contributed by atoms with Crippen molar-refractivity contribution < 1.29 is 29.5 Å². The van der Waals surface area contributed by atoms with Gasteiger partial charge in [0.2, 0.25) is 0 Å². The van der Waals surface area contributed by atoms with Gasteiger partial charge in [-0.3, -0.25) is 14.8 Å². The van der Waals surface area contributed by atoms with E-state index in [1.165, 1.54) is 4.90 Å². The van der Waals surface area contributed by atoms with Crippen LogP contribution in [0.3, 0.4) is 0 Å². The summed E-state index contributed by atoms with van der Waals surface area (Å²) in [7, 11) is 0. The van der Waals surface area contributed by atoms with Crippen LogP contribution in [0.5, 0.6) is 0 Å². The molecular formula is C12H20N4O6. The lowest BCUT2D eigenvalue weighted by molar-refractivity contribution is -0.139. The molecule has 2 fully saturated rings. The van der Waals surface area contributed by atoms with E-state index in [9.17, 15) is 19.6 Å². The molecule has 0 aromatic heterocycles. The van der Waals surface area contributed by atoms with Gasteiger partial charge in [-0.15, -0.1) is 0 Å². The largest absolute Gasteiger partial charge is 0.465 e. The maximum Gasteiger partial charge on any atom is 0.407 e. The number of hydrogen-bond acceptors (Lipinski definition) is 5. The van der Waals surface area contributed by atoms with Gasteiger partial charge in [-0.05, 0) is 19.8 Å². The molecule has 2 atom stereocenters. The van der Waals surface area contributed by atoms with E-state index in [4.69, 9.17) is 9.94 Å². The number of carboxylic acid groups (broad SMARTS) is 1. The Morgan fingerprint density at radius 2 is 2.18 bits per heavy atom. The number of urea groups is 1. The Balaban J connectivity index is 1.76. The molecule has 10 heteroatoms. The Hall–Kier alpha value is -2.07. The van der Waals surface area contributed by atoms with Crippen molar-refractivity contribution in [3.8, 4) is 0 Å². The first-order valence-corrected chi connectivity index (χ1v) is 7.14. The summed E-state index contributed by atoms with van der Waals surface area (Å²) in [5.74, 6) is -0.472. The predicted octanol–water partition coefficient (Wildman–Crippen LogP) is -0.308. The first kappa shape index (κ1) is 16.3. The Bertz CT molecular complexity index is 459. The van der Waals surface area contributed by atoms with Crippen LogP contribution in [0, 0.1) is 0 Å². The van der Waals surface area contributed by atoms with Gasteiger partial charge in [0.15, 0.2) is 0 Å². The fraction of sp³-hybridized carbons (Fsp3) is 0.750. The number of amides is 4. The first-order chi connectivity index (χ1) is 10.5. The molecule has 124 valence electrons. The molecular weight excluding hydrogens is 296 g/mol. The van der Waals surface area contributed by atoms with Crippen LogP contribution in [0.1, 0.15) is 19.8 Å². The fourth-order valence-corrected chi connectivity index (χ4v) is 2.66. The molecule has 2 rings (SSSR count). The summed E-state index contributed by atoms with van der Waals surface area (Å²) in [5.41, 5.74) is 2.24. The van der Waals surface area contributed by atoms with Crippen LogP contribution in [-0.2, 0) is 9.63 Å². The van der Waals surface area contributed by atoms with Crippen LogP contribution in [0.25, 0.3) is 0 Å². The minimum atomic E-state index is -1.05. The van der Waals surface area contributed by atoms with Crippen molar-refractivity contribution >= 4 is 18.0 Å². The highest BCUT2D eigenvalue weighted by molar-refractivity contribution is 5.87. The minimum Gasteiger partial charge on any atom is -0.465 e. The standard InChI is InChI=1S/C12H20N4O6/c1-2-14(12(19)20)5-6-22-13-10(17)9-4-3-8-7-15(9)11(18)16(8)21/h8-9,21H,2-7H2,1H3,(H,13,17)(H,19,20)/t8-,9+/m1/s1. The van der Waals surface area contributed by atoms with Crippen molar-refractivity contribution in [3.63, 3.8) is 0 Å². The molecule has 0 radical (unpaired) electrons. The predicted molar refractivity (Wildman–Crippen MR) is 71.9 cm³/mol. The zero-order valence-electron chi connectivity index (χ0n) is 12.3. The van der Waals surface area contributed by atoms with Gasteiger partial charge in [-0.25, -0.2) is 20.1 Å². The van der Waals surface area contributed by atoms with Gasteiger partial charge >= 0.3 is 12.1 Å². The van der Waals surface area contributed by atoms with E-state index >= 15 is 0 Å². The monoisotopic (exact) mass is 316 g/mol. The summed E-state index contributed by atoms with van der Waals surface area (Å²) in [6, 6.07) is -1.51. The molecule has 0 spiro atoms. The number of nitrogens with zero attached hydrogens (tertiary/aromatic N) is 3. The number of carbonyl (C=O) groups excluding carboxylic acids is 2. The van der Waals surface area contributed by atoms with E-state index in [1.807, 2.05) is 0 Å². The summed E-state index contributed by atoms with van der Waals surface area (Å²) in [6.07, 6.45) is -0.0698. The second kappa shape index (κ2) is 6.79. The van der Waals surface area contributed by atoms with Crippen LogP contribution in [0.15, 0.2) is 0 Å². The number of hydrogen-bond donors (Lipinski definition) is 3. The van der Waals surface area contributed by atoms with Crippen molar-refractivity contribution in [2.75, 3.05) is 26.2 Å². The fourth-order valence-electron chi connectivity index (χ4n) is 2.66. The summed E-state index contributed by atoms with van der Waals surface area (Å²) in [4.78, 5) is 42.0. The van der Waals surface area contributed by atoms with Crippen LogP contribution in [0.2, 0.25) is 0 Å². The maximum atomic E-state index is 12.0. The van der Waals surface area contributed by atoms with Crippen molar-refractivity contribution in [2.24, 2.45) is 0 Å². The molecule has 3 N–H and O–H groups in total. The Morgan fingerprint density at radius 1 is 1.45 bits per heavy atom. The average Bonchev–Trinajstić information content (AvgIpc) is 2.71. The smallest absolute Gasteiger partial charge is 0.407 e. The molecule has 0 saturated carbocycles. The summed E-state index contributed by atoms with van der Waals surface area (Å²) >= 11 is 0. The van der Waals surface area contributed by atoms with Gasteiger partial charge in [0.05, 0.1) is 12.6 Å².